The van der Waals surface area contributed by atoms with E-state index in [1.165, 1.54) is 25.1 Å². The fraction of sp³-hybridized carbons (Fsp3) is 0.571. The van der Waals surface area contributed by atoms with Crippen molar-refractivity contribution in [2.75, 3.05) is 19.9 Å². The number of rotatable bonds is 3. The van der Waals surface area contributed by atoms with Crippen molar-refractivity contribution in [3.63, 3.8) is 0 Å². The fourth-order valence-electron chi connectivity index (χ4n) is 2.54. The third-order valence-corrected chi connectivity index (χ3v) is 4.11. The summed E-state index contributed by atoms with van der Waals surface area (Å²) >= 11 is 0. The highest BCUT2D eigenvalue weighted by Gasteiger charge is 2.26. The van der Waals surface area contributed by atoms with Gasteiger partial charge in [0.2, 0.25) is 6.79 Å². The van der Waals surface area contributed by atoms with E-state index in [0.717, 1.165) is 11.5 Å². The van der Waals surface area contributed by atoms with Crippen molar-refractivity contribution in [1.82, 2.24) is 4.90 Å². The van der Waals surface area contributed by atoms with Crippen LogP contribution in [0.2, 0.25) is 0 Å². The first-order valence-electron chi connectivity index (χ1n) is 6.39. The van der Waals surface area contributed by atoms with E-state index < -0.39 is 0 Å². The van der Waals surface area contributed by atoms with Gasteiger partial charge in [0.25, 0.3) is 0 Å². The molecule has 17 heavy (non-hydrogen) atoms. The summed E-state index contributed by atoms with van der Waals surface area (Å²) < 4.78 is 10.8. The highest BCUT2D eigenvalue weighted by atomic mass is 16.7. The quantitative estimate of drug-likeness (QED) is 0.801. The second kappa shape index (κ2) is 4.22. The Hall–Kier alpha value is -1.22. The zero-order valence-electron chi connectivity index (χ0n) is 10.5. The molecule has 2 aliphatic heterocycles. The summed E-state index contributed by atoms with van der Waals surface area (Å²) in [6.07, 6.45) is 1.35. The predicted octanol–water partition coefficient (Wildman–Crippen LogP) is 2.61. The zero-order valence-corrected chi connectivity index (χ0v) is 10.5. The van der Waals surface area contributed by atoms with Crippen LogP contribution in [0.1, 0.15) is 31.7 Å². The summed E-state index contributed by atoms with van der Waals surface area (Å²) in [7, 11) is 0. The molecule has 3 nitrogen and oxygen atoms in total. The molecule has 1 fully saturated rings. The minimum atomic E-state index is 0.356. The molecule has 1 saturated heterocycles. The van der Waals surface area contributed by atoms with Crippen LogP contribution in [0.4, 0.5) is 0 Å². The molecule has 1 aromatic rings. The van der Waals surface area contributed by atoms with Gasteiger partial charge in [-0.2, -0.15) is 0 Å². The Labute approximate surface area is 102 Å². The third kappa shape index (κ3) is 1.89. The van der Waals surface area contributed by atoms with E-state index in [1.807, 2.05) is 6.07 Å². The summed E-state index contributed by atoms with van der Waals surface area (Å²) in [5.41, 5.74) is 1.34. The Kier molecular flexibility index (Phi) is 2.71. The third-order valence-electron chi connectivity index (χ3n) is 4.11. The maximum Gasteiger partial charge on any atom is 0.231 e. The van der Waals surface area contributed by atoms with Crippen LogP contribution >= 0.6 is 0 Å². The van der Waals surface area contributed by atoms with Crippen molar-refractivity contribution in [3.05, 3.63) is 23.8 Å². The molecule has 0 bridgehead atoms. The lowest BCUT2D eigenvalue weighted by Crippen LogP contribution is -2.45. The van der Waals surface area contributed by atoms with Gasteiger partial charge < -0.3 is 9.47 Å². The molecular formula is C14H19NO2. The Morgan fingerprint density at radius 2 is 1.88 bits per heavy atom. The van der Waals surface area contributed by atoms with Crippen LogP contribution in [0.5, 0.6) is 11.5 Å². The lowest BCUT2D eigenvalue weighted by molar-refractivity contribution is 0.113. The second-order valence-corrected chi connectivity index (χ2v) is 5.03. The molecule has 0 unspecified atom stereocenters. The monoisotopic (exact) mass is 233 g/mol. The molecule has 92 valence electrons. The lowest BCUT2D eigenvalue weighted by atomic mass is 9.91. The van der Waals surface area contributed by atoms with Gasteiger partial charge in [0.15, 0.2) is 11.5 Å². The first-order valence-corrected chi connectivity index (χ1v) is 6.39. The molecule has 2 atom stereocenters. The Morgan fingerprint density at radius 1 is 1.12 bits per heavy atom. The highest BCUT2D eigenvalue weighted by Crippen LogP contribution is 2.36. The van der Waals surface area contributed by atoms with Crippen molar-refractivity contribution in [2.45, 2.75) is 32.2 Å². The number of hydrogen-bond acceptors (Lipinski definition) is 3. The van der Waals surface area contributed by atoms with Crippen molar-refractivity contribution in [2.24, 2.45) is 0 Å². The standard InChI is InChI=1S/C14H19NO2/c1-10(11(2)15-6-3-7-15)12-4-5-13-14(8-12)17-9-16-13/h4-5,8,10-11H,3,6-7,9H2,1-2H3/t10-,11+/m0/s1. The van der Waals surface area contributed by atoms with Crippen molar-refractivity contribution in [1.29, 1.82) is 0 Å². The normalized spacial score (nSPS) is 22.0. The summed E-state index contributed by atoms with van der Waals surface area (Å²) in [6, 6.07) is 6.92. The average Bonchev–Trinajstić information content (AvgIpc) is 2.72. The van der Waals surface area contributed by atoms with E-state index in [9.17, 15) is 0 Å². The first kappa shape index (κ1) is 10.9. The molecule has 0 N–H and O–H groups in total. The van der Waals surface area contributed by atoms with Crippen LogP contribution in [-0.2, 0) is 0 Å². The lowest BCUT2D eigenvalue weighted by Gasteiger charge is -2.39. The van der Waals surface area contributed by atoms with E-state index in [1.54, 1.807) is 0 Å². The average molecular weight is 233 g/mol. The van der Waals surface area contributed by atoms with Gasteiger partial charge in [-0.1, -0.05) is 13.0 Å². The fourth-order valence-corrected chi connectivity index (χ4v) is 2.54. The molecule has 0 saturated carbocycles. The van der Waals surface area contributed by atoms with E-state index >= 15 is 0 Å². The summed E-state index contributed by atoms with van der Waals surface area (Å²) in [6.45, 7) is 7.45. The van der Waals surface area contributed by atoms with Gasteiger partial charge in [-0.15, -0.1) is 0 Å². The van der Waals surface area contributed by atoms with Crippen LogP contribution < -0.4 is 9.47 Å². The maximum absolute atomic E-state index is 5.43. The van der Waals surface area contributed by atoms with Gasteiger partial charge in [0, 0.05) is 6.04 Å². The number of ether oxygens (including phenoxy) is 2. The molecule has 0 aliphatic carbocycles. The van der Waals surface area contributed by atoms with Crippen LogP contribution in [0.3, 0.4) is 0 Å². The van der Waals surface area contributed by atoms with Gasteiger partial charge in [-0.25, -0.2) is 0 Å². The topological polar surface area (TPSA) is 21.7 Å². The maximum atomic E-state index is 5.43. The van der Waals surface area contributed by atoms with Gasteiger partial charge >= 0.3 is 0 Å². The van der Waals surface area contributed by atoms with Crippen molar-refractivity contribution >= 4 is 0 Å². The van der Waals surface area contributed by atoms with Crippen LogP contribution in [-0.4, -0.2) is 30.8 Å². The summed E-state index contributed by atoms with van der Waals surface area (Å²) in [5, 5.41) is 0. The molecule has 3 rings (SSSR count). The van der Waals surface area contributed by atoms with E-state index in [4.69, 9.17) is 9.47 Å². The van der Waals surface area contributed by atoms with Crippen LogP contribution in [0.25, 0.3) is 0 Å². The molecule has 0 spiro atoms. The van der Waals surface area contributed by atoms with Crippen LogP contribution in [0.15, 0.2) is 18.2 Å². The first-order chi connectivity index (χ1) is 8.25. The molecule has 1 aromatic carbocycles. The molecule has 0 amide bonds. The van der Waals surface area contributed by atoms with E-state index in [-0.39, 0.29) is 0 Å². The van der Waals surface area contributed by atoms with E-state index in [2.05, 4.69) is 30.9 Å². The number of hydrogen-bond donors (Lipinski definition) is 0. The molecule has 0 aromatic heterocycles. The number of benzene rings is 1. The van der Waals surface area contributed by atoms with Gasteiger partial charge in [-0.3, -0.25) is 4.90 Å². The van der Waals surface area contributed by atoms with Crippen molar-refractivity contribution < 1.29 is 9.47 Å². The Morgan fingerprint density at radius 3 is 2.59 bits per heavy atom. The second-order valence-electron chi connectivity index (χ2n) is 5.03. The Bertz CT molecular complexity index is 415. The smallest absolute Gasteiger partial charge is 0.231 e. The SMILES string of the molecule is C[C@H](c1ccc2c(c1)OCO2)[C@@H](C)N1CCC1. The number of likely N-dealkylation sites (tertiary alicyclic amines) is 1. The van der Waals surface area contributed by atoms with Gasteiger partial charge in [0.05, 0.1) is 0 Å². The Balaban J connectivity index is 1.78. The minimum Gasteiger partial charge on any atom is -0.454 e. The van der Waals surface area contributed by atoms with Crippen LogP contribution in [0, 0.1) is 0 Å². The van der Waals surface area contributed by atoms with Crippen molar-refractivity contribution in [3.8, 4) is 11.5 Å². The molecule has 3 heteroatoms. The van der Waals surface area contributed by atoms with Gasteiger partial charge in [-0.05, 0) is 50.0 Å². The number of fused-ring (bicyclic) bond motifs is 1. The summed E-state index contributed by atoms with van der Waals surface area (Å²) in [4.78, 5) is 2.54. The number of nitrogens with zero attached hydrogens (tertiary/aromatic N) is 1. The molecule has 2 heterocycles. The molecular weight excluding hydrogens is 214 g/mol. The molecule has 0 radical (unpaired) electrons. The van der Waals surface area contributed by atoms with Gasteiger partial charge in [0.1, 0.15) is 0 Å². The minimum absolute atomic E-state index is 0.356. The highest BCUT2D eigenvalue weighted by molar-refractivity contribution is 5.45. The van der Waals surface area contributed by atoms with E-state index in [0.29, 0.717) is 18.8 Å². The largest absolute Gasteiger partial charge is 0.454 e. The zero-order chi connectivity index (χ0) is 11.8. The summed E-state index contributed by atoms with van der Waals surface area (Å²) in [5.74, 6) is 2.30. The molecule has 2 aliphatic rings. The predicted molar refractivity (Wildman–Crippen MR) is 66.6 cm³/mol.